The quantitative estimate of drug-likeness (QED) is 0.698. The van der Waals surface area contributed by atoms with Crippen molar-refractivity contribution in [2.24, 2.45) is 0 Å². The molecular weight excluding hydrogens is 371 g/mol. The Kier molecular flexibility index (Phi) is 4.64. The maximum atomic E-state index is 12.7. The minimum absolute atomic E-state index is 0.133. The molecule has 3 rings (SSSR count). The van der Waals surface area contributed by atoms with Gasteiger partial charge in [0.1, 0.15) is 11.0 Å². The fraction of sp³-hybridized carbons (Fsp3) is 0.125. The Morgan fingerprint density at radius 1 is 1.19 bits per heavy atom. The van der Waals surface area contributed by atoms with Crippen molar-refractivity contribution in [2.75, 3.05) is 5.32 Å². The van der Waals surface area contributed by atoms with Gasteiger partial charge in [0.15, 0.2) is 5.82 Å². The Balaban J connectivity index is 1.90. The third-order valence-electron chi connectivity index (χ3n) is 3.35. The molecule has 0 spiro atoms. The number of pyridine rings is 2. The van der Waals surface area contributed by atoms with Crippen LogP contribution in [0.2, 0.25) is 5.15 Å². The standard InChI is InChI=1S/C16H11ClF3N5O/c1-9-6-14(23-15(26)10-4-5-21-12(17)7-10)25(24-9)13-3-2-11(8-22-13)16(18,19)20/h2-8H,1H3,(H,23,26). The van der Waals surface area contributed by atoms with E-state index in [0.717, 1.165) is 6.07 Å². The van der Waals surface area contributed by atoms with Gasteiger partial charge in [-0.25, -0.2) is 9.97 Å². The molecule has 6 nitrogen and oxygen atoms in total. The highest BCUT2D eigenvalue weighted by molar-refractivity contribution is 6.29. The van der Waals surface area contributed by atoms with Crippen molar-refractivity contribution in [1.29, 1.82) is 0 Å². The first-order chi connectivity index (χ1) is 12.2. The van der Waals surface area contributed by atoms with Crippen LogP contribution in [-0.4, -0.2) is 25.7 Å². The summed E-state index contributed by atoms with van der Waals surface area (Å²) in [5, 5.41) is 6.95. The molecule has 10 heteroatoms. The lowest BCUT2D eigenvalue weighted by molar-refractivity contribution is -0.137. The Hall–Kier alpha value is -2.94. The molecule has 0 saturated carbocycles. The molecule has 0 radical (unpaired) electrons. The summed E-state index contributed by atoms with van der Waals surface area (Å²) < 4.78 is 39.2. The third kappa shape index (κ3) is 3.83. The highest BCUT2D eigenvalue weighted by Gasteiger charge is 2.30. The van der Waals surface area contributed by atoms with Crippen LogP contribution >= 0.6 is 11.6 Å². The summed E-state index contributed by atoms with van der Waals surface area (Å²) in [5.74, 6) is -0.0794. The van der Waals surface area contributed by atoms with E-state index in [1.165, 1.54) is 29.1 Å². The van der Waals surface area contributed by atoms with Crippen LogP contribution in [0.3, 0.4) is 0 Å². The Labute approximate surface area is 150 Å². The highest BCUT2D eigenvalue weighted by atomic mass is 35.5. The van der Waals surface area contributed by atoms with Crippen molar-refractivity contribution in [3.63, 3.8) is 0 Å². The summed E-state index contributed by atoms with van der Waals surface area (Å²) in [7, 11) is 0. The molecule has 0 unspecified atom stereocenters. The number of carbonyl (C=O) groups is 1. The van der Waals surface area contributed by atoms with E-state index in [0.29, 0.717) is 11.9 Å². The van der Waals surface area contributed by atoms with Crippen LogP contribution in [0.15, 0.2) is 42.7 Å². The van der Waals surface area contributed by atoms with Gasteiger partial charge in [-0.3, -0.25) is 4.79 Å². The Morgan fingerprint density at radius 2 is 1.96 bits per heavy atom. The second-order valence-corrected chi connectivity index (χ2v) is 5.69. The zero-order valence-electron chi connectivity index (χ0n) is 13.3. The molecule has 1 amide bonds. The number of aromatic nitrogens is 4. The molecule has 0 aromatic carbocycles. The number of anilines is 1. The zero-order valence-corrected chi connectivity index (χ0v) is 14.0. The number of hydrogen-bond acceptors (Lipinski definition) is 4. The van der Waals surface area contributed by atoms with Crippen LogP contribution in [0.25, 0.3) is 5.82 Å². The molecule has 26 heavy (non-hydrogen) atoms. The maximum absolute atomic E-state index is 12.7. The fourth-order valence-electron chi connectivity index (χ4n) is 2.17. The molecule has 0 saturated heterocycles. The van der Waals surface area contributed by atoms with Gasteiger partial charge in [-0.05, 0) is 31.2 Å². The summed E-state index contributed by atoms with van der Waals surface area (Å²) in [5.41, 5.74) is -0.0484. The molecule has 1 N–H and O–H groups in total. The summed E-state index contributed by atoms with van der Waals surface area (Å²) in [6.45, 7) is 1.68. The number of alkyl halides is 3. The number of nitrogens with one attached hydrogen (secondary N) is 1. The minimum Gasteiger partial charge on any atom is -0.306 e. The van der Waals surface area contributed by atoms with Gasteiger partial charge in [0.05, 0.1) is 11.3 Å². The number of nitrogens with zero attached hydrogens (tertiary/aromatic N) is 4. The molecule has 0 fully saturated rings. The largest absolute Gasteiger partial charge is 0.417 e. The van der Waals surface area contributed by atoms with Crippen molar-refractivity contribution in [1.82, 2.24) is 19.7 Å². The molecule has 0 atom stereocenters. The third-order valence-corrected chi connectivity index (χ3v) is 3.56. The lowest BCUT2D eigenvalue weighted by Crippen LogP contribution is -2.16. The average Bonchev–Trinajstić information content (AvgIpc) is 2.94. The molecule has 3 heterocycles. The van der Waals surface area contributed by atoms with Crippen molar-refractivity contribution in [3.8, 4) is 5.82 Å². The van der Waals surface area contributed by atoms with E-state index < -0.39 is 17.6 Å². The van der Waals surface area contributed by atoms with Gasteiger partial charge < -0.3 is 5.32 Å². The van der Waals surface area contributed by atoms with Crippen LogP contribution < -0.4 is 5.32 Å². The Morgan fingerprint density at radius 3 is 2.58 bits per heavy atom. The van der Waals surface area contributed by atoms with Crippen LogP contribution in [0, 0.1) is 6.92 Å². The van der Waals surface area contributed by atoms with Gasteiger partial charge in [-0.15, -0.1) is 0 Å². The molecule has 0 aliphatic rings. The van der Waals surface area contributed by atoms with Crippen LogP contribution in [0.5, 0.6) is 0 Å². The van der Waals surface area contributed by atoms with Gasteiger partial charge in [0.25, 0.3) is 5.91 Å². The molecule has 3 aromatic heterocycles. The molecule has 0 aliphatic heterocycles. The van der Waals surface area contributed by atoms with E-state index in [9.17, 15) is 18.0 Å². The molecule has 0 aliphatic carbocycles. The molecular formula is C16H11ClF3N5O. The lowest BCUT2D eigenvalue weighted by atomic mass is 10.2. The van der Waals surface area contributed by atoms with E-state index in [1.54, 1.807) is 13.0 Å². The Bertz CT molecular complexity index is 953. The molecule has 3 aromatic rings. The summed E-state index contributed by atoms with van der Waals surface area (Å²) in [4.78, 5) is 19.9. The number of amides is 1. The normalized spacial score (nSPS) is 11.4. The first-order valence-corrected chi connectivity index (χ1v) is 7.65. The number of halogens is 4. The van der Waals surface area contributed by atoms with Gasteiger partial charge in [0.2, 0.25) is 0 Å². The highest BCUT2D eigenvalue weighted by Crippen LogP contribution is 2.29. The van der Waals surface area contributed by atoms with Crippen LogP contribution in [0.4, 0.5) is 19.0 Å². The smallest absolute Gasteiger partial charge is 0.306 e. The summed E-state index contributed by atoms with van der Waals surface area (Å²) in [6.07, 6.45) is -2.39. The second-order valence-electron chi connectivity index (χ2n) is 5.31. The monoisotopic (exact) mass is 381 g/mol. The SMILES string of the molecule is Cc1cc(NC(=O)c2ccnc(Cl)c2)n(-c2ccc(C(F)(F)F)cn2)n1. The van der Waals surface area contributed by atoms with Gasteiger partial charge in [-0.1, -0.05) is 11.6 Å². The van der Waals surface area contributed by atoms with Crippen molar-refractivity contribution in [3.05, 3.63) is 64.7 Å². The molecule has 0 bridgehead atoms. The van der Waals surface area contributed by atoms with E-state index in [-0.39, 0.29) is 22.4 Å². The first-order valence-electron chi connectivity index (χ1n) is 7.27. The number of carbonyl (C=O) groups excluding carboxylic acids is 1. The van der Waals surface area contributed by atoms with Crippen LogP contribution in [-0.2, 0) is 6.18 Å². The second kappa shape index (κ2) is 6.75. The van der Waals surface area contributed by atoms with Crippen molar-refractivity contribution >= 4 is 23.3 Å². The number of hydrogen-bond donors (Lipinski definition) is 1. The minimum atomic E-state index is -4.48. The van der Waals surface area contributed by atoms with Crippen LogP contribution in [0.1, 0.15) is 21.6 Å². The van der Waals surface area contributed by atoms with Gasteiger partial charge in [-0.2, -0.15) is 23.0 Å². The van der Waals surface area contributed by atoms with Gasteiger partial charge in [0, 0.05) is 24.0 Å². The van der Waals surface area contributed by atoms with E-state index in [4.69, 9.17) is 11.6 Å². The fourth-order valence-corrected chi connectivity index (χ4v) is 2.35. The van der Waals surface area contributed by atoms with E-state index in [2.05, 4.69) is 20.4 Å². The van der Waals surface area contributed by atoms with Gasteiger partial charge >= 0.3 is 6.18 Å². The van der Waals surface area contributed by atoms with Crippen molar-refractivity contribution in [2.45, 2.75) is 13.1 Å². The lowest BCUT2D eigenvalue weighted by Gasteiger charge is -2.10. The van der Waals surface area contributed by atoms with Crippen molar-refractivity contribution < 1.29 is 18.0 Å². The average molecular weight is 382 g/mol. The predicted molar refractivity (Wildman–Crippen MR) is 88.3 cm³/mol. The predicted octanol–water partition coefficient (Wildman–Crippen LogP) is 3.90. The maximum Gasteiger partial charge on any atom is 0.417 e. The van der Waals surface area contributed by atoms with E-state index >= 15 is 0 Å². The number of rotatable bonds is 3. The zero-order chi connectivity index (χ0) is 18.9. The topological polar surface area (TPSA) is 72.7 Å². The van der Waals surface area contributed by atoms with E-state index in [1.807, 2.05) is 0 Å². The summed E-state index contributed by atoms with van der Waals surface area (Å²) >= 11 is 5.76. The first kappa shape index (κ1) is 17.9. The molecule has 134 valence electrons. The number of aryl methyl sites for hydroxylation is 1. The summed E-state index contributed by atoms with van der Waals surface area (Å²) in [6, 6.07) is 6.51.